The molecule has 1 aromatic rings. The summed E-state index contributed by atoms with van der Waals surface area (Å²) in [6.07, 6.45) is 0.378. The number of fused-ring (bicyclic) bond motifs is 1. The zero-order valence-corrected chi connectivity index (χ0v) is 9.93. The summed E-state index contributed by atoms with van der Waals surface area (Å²) < 4.78 is 11.8. The minimum atomic E-state index is 0.378. The van der Waals surface area contributed by atoms with Crippen LogP contribution in [0.3, 0.4) is 0 Å². The molecule has 1 aliphatic rings. The molecule has 3 nitrogen and oxygen atoms in total. The van der Waals surface area contributed by atoms with E-state index in [0.717, 1.165) is 27.1 Å². The Hall–Kier alpha value is -1.21. The number of aryl methyl sites for hydroxylation is 1. The molecule has 0 unspecified atom stereocenters. The summed E-state index contributed by atoms with van der Waals surface area (Å²) in [7, 11) is 0. The van der Waals surface area contributed by atoms with Gasteiger partial charge in [-0.3, -0.25) is 0 Å². The van der Waals surface area contributed by atoms with E-state index in [1.165, 1.54) is 0 Å². The van der Waals surface area contributed by atoms with Crippen molar-refractivity contribution in [2.24, 2.45) is 0 Å². The molecule has 1 heterocycles. The molecule has 0 saturated carbocycles. The first-order valence-electron chi connectivity index (χ1n) is 4.68. The molecule has 0 radical (unpaired) electrons. The predicted octanol–water partition coefficient (Wildman–Crippen LogP) is 2.59. The van der Waals surface area contributed by atoms with Crippen LogP contribution in [-0.2, 0) is 6.42 Å². The van der Waals surface area contributed by atoms with Crippen molar-refractivity contribution in [2.45, 2.75) is 13.3 Å². The Labute approximate surface area is 96.7 Å². The van der Waals surface area contributed by atoms with E-state index < -0.39 is 0 Å². The van der Waals surface area contributed by atoms with Gasteiger partial charge in [-0.25, -0.2) is 0 Å². The topological polar surface area (TPSA) is 42.2 Å². The van der Waals surface area contributed by atoms with Gasteiger partial charge in [0.25, 0.3) is 0 Å². The second-order valence-electron chi connectivity index (χ2n) is 3.35. The summed E-state index contributed by atoms with van der Waals surface area (Å²) >= 11 is 3.46. The second kappa shape index (κ2) is 4.11. The van der Waals surface area contributed by atoms with Gasteiger partial charge in [-0.05, 0) is 40.0 Å². The molecule has 4 heteroatoms. The minimum absolute atomic E-state index is 0.378. The zero-order valence-electron chi connectivity index (χ0n) is 8.34. The summed E-state index contributed by atoms with van der Waals surface area (Å²) in [5, 5.41) is 8.73. The van der Waals surface area contributed by atoms with E-state index >= 15 is 0 Å². The van der Waals surface area contributed by atoms with Crippen LogP contribution in [0.15, 0.2) is 10.5 Å². The maximum absolute atomic E-state index is 8.73. The molecule has 0 spiro atoms. The molecule has 78 valence electrons. The Morgan fingerprint density at radius 1 is 1.47 bits per heavy atom. The number of nitriles is 1. The van der Waals surface area contributed by atoms with Gasteiger partial charge in [-0.15, -0.1) is 0 Å². The molecule has 0 aromatic heterocycles. The average molecular weight is 268 g/mol. The quantitative estimate of drug-likeness (QED) is 0.786. The normalized spacial score (nSPS) is 13.4. The summed E-state index contributed by atoms with van der Waals surface area (Å²) in [5.74, 6) is 1.48. The fraction of sp³-hybridized carbons (Fsp3) is 0.364. The van der Waals surface area contributed by atoms with Crippen molar-refractivity contribution in [3.05, 3.63) is 21.7 Å². The maximum Gasteiger partial charge on any atom is 0.175 e. The molecule has 0 bridgehead atoms. The van der Waals surface area contributed by atoms with E-state index in [1.807, 2.05) is 13.0 Å². The highest BCUT2D eigenvalue weighted by Crippen LogP contribution is 2.41. The second-order valence-corrected chi connectivity index (χ2v) is 4.14. The van der Waals surface area contributed by atoms with Crippen molar-refractivity contribution in [1.82, 2.24) is 0 Å². The number of halogens is 1. The monoisotopic (exact) mass is 267 g/mol. The highest BCUT2D eigenvalue weighted by Gasteiger charge is 2.19. The summed E-state index contributed by atoms with van der Waals surface area (Å²) in [4.78, 5) is 0. The summed E-state index contributed by atoms with van der Waals surface area (Å²) in [6, 6.07) is 4.07. The van der Waals surface area contributed by atoms with Crippen LogP contribution < -0.4 is 9.47 Å². The van der Waals surface area contributed by atoms with Crippen molar-refractivity contribution in [3.63, 3.8) is 0 Å². The van der Waals surface area contributed by atoms with E-state index in [1.54, 1.807) is 0 Å². The fourth-order valence-electron chi connectivity index (χ4n) is 1.60. The van der Waals surface area contributed by atoms with Gasteiger partial charge in [0.1, 0.15) is 13.2 Å². The third-order valence-electron chi connectivity index (χ3n) is 2.35. The number of benzene rings is 1. The molecule has 0 aliphatic carbocycles. The molecule has 0 saturated heterocycles. The number of nitrogens with zero attached hydrogens (tertiary/aromatic N) is 1. The van der Waals surface area contributed by atoms with Gasteiger partial charge in [0.05, 0.1) is 17.0 Å². The first-order valence-corrected chi connectivity index (χ1v) is 5.48. The van der Waals surface area contributed by atoms with Gasteiger partial charge < -0.3 is 9.47 Å². The van der Waals surface area contributed by atoms with Crippen LogP contribution in [0.2, 0.25) is 0 Å². The van der Waals surface area contributed by atoms with Crippen LogP contribution >= 0.6 is 15.9 Å². The molecular formula is C11H10BrNO2. The van der Waals surface area contributed by atoms with Crippen LogP contribution in [0.5, 0.6) is 11.5 Å². The van der Waals surface area contributed by atoms with Crippen molar-refractivity contribution in [2.75, 3.05) is 13.2 Å². The van der Waals surface area contributed by atoms with E-state index in [4.69, 9.17) is 14.7 Å². The lowest BCUT2D eigenvalue weighted by molar-refractivity contribution is 0.170. The van der Waals surface area contributed by atoms with Crippen molar-refractivity contribution >= 4 is 15.9 Å². The molecule has 0 fully saturated rings. The van der Waals surface area contributed by atoms with Crippen molar-refractivity contribution < 1.29 is 9.47 Å². The van der Waals surface area contributed by atoms with E-state index in [0.29, 0.717) is 19.6 Å². The Balaban J connectivity index is 2.55. The Kier molecular flexibility index (Phi) is 2.83. The first-order chi connectivity index (χ1) is 7.24. The molecule has 0 amide bonds. The highest BCUT2D eigenvalue weighted by molar-refractivity contribution is 9.10. The van der Waals surface area contributed by atoms with Gasteiger partial charge in [0.15, 0.2) is 11.5 Å². The SMILES string of the molecule is Cc1cc2c(c(Br)c1CC#N)OCCO2. The van der Waals surface area contributed by atoms with Gasteiger partial charge >= 0.3 is 0 Å². The molecule has 15 heavy (non-hydrogen) atoms. The standard InChI is InChI=1S/C11H10BrNO2/c1-7-6-9-11(15-5-4-14-9)10(12)8(7)2-3-13/h6H,2,4-5H2,1H3. The lowest BCUT2D eigenvalue weighted by Crippen LogP contribution is -2.16. The smallest absolute Gasteiger partial charge is 0.175 e. The van der Waals surface area contributed by atoms with Crippen molar-refractivity contribution in [3.8, 4) is 17.6 Å². The van der Waals surface area contributed by atoms with Crippen LogP contribution in [0.4, 0.5) is 0 Å². The largest absolute Gasteiger partial charge is 0.486 e. The van der Waals surface area contributed by atoms with Gasteiger partial charge in [-0.1, -0.05) is 0 Å². The van der Waals surface area contributed by atoms with E-state index in [2.05, 4.69) is 22.0 Å². The van der Waals surface area contributed by atoms with Crippen LogP contribution in [0.1, 0.15) is 11.1 Å². The Morgan fingerprint density at radius 3 is 2.93 bits per heavy atom. The van der Waals surface area contributed by atoms with E-state index in [-0.39, 0.29) is 0 Å². The third kappa shape index (κ3) is 1.80. The molecule has 2 rings (SSSR count). The number of rotatable bonds is 1. The summed E-state index contributed by atoms with van der Waals surface area (Å²) in [6.45, 7) is 3.10. The molecule has 1 aliphatic heterocycles. The minimum Gasteiger partial charge on any atom is -0.486 e. The molecule has 1 aromatic carbocycles. The first kappa shape index (κ1) is 10.3. The highest BCUT2D eigenvalue weighted by atomic mass is 79.9. The lowest BCUT2D eigenvalue weighted by Gasteiger charge is -2.21. The Morgan fingerprint density at radius 2 is 2.20 bits per heavy atom. The number of hydrogen-bond donors (Lipinski definition) is 0. The Bertz CT molecular complexity index is 437. The van der Waals surface area contributed by atoms with Crippen molar-refractivity contribution in [1.29, 1.82) is 5.26 Å². The lowest BCUT2D eigenvalue weighted by atomic mass is 10.1. The van der Waals surface area contributed by atoms with E-state index in [9.17, 15) is 0 Å². The van der Waals surface area contributed by atoms with Gasteiger partial charge in [0, 0.05) is 0 Å². The number of ether oxygens (including phenoxy) is 2. The zero-order chi connectivity index (χ0) is 10.8. The van der Waals surface area contributed by atoms with Gasteiger partial charge in [0.2, 0.25) is 0 Å². The average Bonchev–Trinajstić information content (AvgIpc) is 2.24. The van der Waals surface area contributed by atoms with Crippen LogP contribution in [0, 0.1) is 18.3 Å². The van der Waals surface area contributed by atoms with Crippen LogP contribution in [0.25, 0.3) is 0 Å². The molecular weight excluding hydrogens is 258 g/mol. The van der Waals surface area contributed by atoms with Gasteiger partial charge in [-0.2, -0.15) is 5.26 Å². The fourth-order valence-corrected chi connectivity index (χ4v) is 2.36. The summed E-state index contributed by atoms with van der Waals surface area (Å²) in [5.41, 5.74) is 2.02. The third-order valence-corrected chi connectivity index (χ3v) is 3.19. The maximum atomic E-state index is 8.73. The molecule has 0 atom stereocenters. The predicted molar refractivity (Wildman–Crippen MR) is 59.2 cm³/mol. The van der Waals surface area contributed by atoms with Crippen LogP contribution in [-0.4, -0.2) is 13.2 Å². The number of hydrogen-bond acceptors (Lipinski definition) is 3. The molecule has 0 N–H and O–H groups in total.